The van der Waals surface area contributed by atoms with Gasteiger partial charge in [0.2, 0.25) is 5.91 Å². The molecule has 3 aromatic rings. The molecule has 1 heterocycles. The molecule has 1 aromatic heterocycles. The van der Waals surface area contributed by atoms with Crippen molar-refractivity contribution in [1.82, 2.24) is 4.98 Å². The zero-order valence-electron chi connectivity index (χ0n) is 16.1. The molecule has 0 saturated heterocycles. The Morgan fingerprint density at radius 1 is 1.14 bits per heavy atom. The Balaban J connectivity index is 1.72. The average Bonchev–Trinajstić information content (AvgIpc) is 3.15. The Labute approximate surface area is 168 Å². The maximum absolute atomic E-state index is 12.2. The lowest BCUT2D eigenvalue weighted by Gasteiger charge is -2.18. The summed E-state index contributed by atoms with van der Waals surface area (Å²) >= 11 is 1.34. The normalized spacial score (nSPS) is 10.5. The van der Waals surface area contributed by atoms with Gasteiger partial charge in [-0.15, -0.1) is 11.3 Å². The number of aryl methyl sites for hydroxylation is 2. The second-order valence-corrected chi connectivity index (χ2v) is 7.28. The molecule has 0 aliphatic rings. The van der Waals surface area contributed by atoms with Gasteiger partial charge in [-0.1, -0.05) is 36.8 Å². The van der Waals surface area contributed by atoms with Crippen LogP contribution in [0.1, 0.15) is 41.0 Å². The summed E-state index contributed by atoms with van der Waals surface area (Å²) in [6.07, 6.45) is 0.939. The largest absolute Gasteiger partial charge is 0.456 e. The van der Waals surface area contributed by atoms with Gasteiger partial charge in [0.1, 0.15) is 6.61 Å². The van der Waals surface area contributed by atoms with E-state index < -0.39 is 5.97 Å². The van der Waals surface area contributed by atoms with Crippen LogP contribution in [0.2, 0.25) is 0 Å². The Morgan fingerprint density at radius 2 is 1.89 bits per heavy atom. The Hall–Kier alpha value is -2.99. The quantitative estimate of drug-likeness (QED) is 0.549. The summed E-state index contributed by atoms with van der Waals surface area (Å²) in [4.78, 5) is 30.4. The molecule has 0 saturated carbocycles. The number of amides is 1. The van der Waals surface area contributed by atoms with Crippen LogP contribution in [0.4, 0.5) is 10.8 Å². The monoisotopic (exact) mass is 394 g/mol. The average molecular weight is 394 g/mol. The van der Waals surface area contributed by atoms with Crippen molar-refractivity contribution in [2.24, 2.45) is 0 Å². The van der Waals surface area contributed by atoms with Gasteiger partial charge in [0.15, 0.2) is 5.13 Å². The lowest BCUT2D eigenvalue weighted by atomic mass is 10.1. The number of benzene rings is 2. The van der Waals surface area contributed by atoms with Gasteiger partial charge in [-0.05, 0) is 43.2 Å². The van der Waals surface area contributed by atoms with Crippen LogP contribution >= 0.6 is 11.3 Å². The van der Waals surface area contributed by atoms with Crippen LogP contribution in [0, 0.1) is 6.92 Å². The van der Waals surface area contributed by atoms with Gasteiger partial charge in [-0.2, -0.15) is 0 Å². The SMILES string of the molecule is CCc1ccc(N(C(C)=O)c2nc(COC(=O)c3cccc(C)c3)cs2)cc1. The van der Waals surface area contributed by atoms with Gasteiger partial charge in [-0.25, -0.2) is 9.78 Å². The van der Waals surface area contributed by atoms with E-state index in [2.05, 4.69) is 11.9 Å². The maximum atomic E-state index is 12.2. The van der Waals surface area contributed by atoms with Crippen LogP contribution in [-0.2, 0) is 22.6 Å². The summed E-state index contributed by atoms with van der Waals surface area (Å²) in [5.41, 5.74) is 4.09. The summed E-state index contributed by atoms with van der Waals surface area (Å²) in [5, 5.41) is 2.35. The molecule has 0 spiro atoms. The molecule has 5 nitrogen and oxygen atoms in total. The molecule has 6 heteroatoms. The molecule has 1 amide bonds. The molecule has 0 fully saturated rings. The van der Waals surface area contributed by atoms with Crippen molar-refractivity contribution in [3.63, 3.8) is 0 Å². The van der Waals surface area contributed by atoms with Crippen molar-refractivity contribution in [2.75, 3.05) is 4.90 Å². The van der Waals surface area contributed by atoms with Crippen LogP contribution < -0.4 is 4.90 Å². The van der Waals surface area contributed by atoms with E-state index in [1.807, 2.05) is 43.3 Å². The number of rotatable bonds is 6. The zero-order valence-corrected chi connectivity index (χ0v) is 17.0. The predicted molar refractivity (Wildman–Crippen MR) is 111 cm³/mol. The minimum atomic E-state index is -0.392. The molecule has 28 heavy (non-hydrogen) atoms. The number of hydrogen-bond donors (Lipinski definition) is 0. The second-order valence-electron chi connectivity index (χ2n) is 6.44. The van der Waals surface area contributed by atoms with Crippen molar-refractivity contribution < 1.29 is 14.3 Å². The summed E-state index contributed by atoms with van der Waals surface area (Å²) in [7, 11) is 0. The van der Waals surface area contributed by atoms with Gasteiger partial charge >= 0.3 is 5.97 Å². The highest BCUT2D eigenvalue weighted by Gasteiger charge is 2.18. The third-order valence-corrected chi connectivity index (χ3v) is 5.13. The molecule has 0 unspecified atom stereocenters. The Kier molecular flexibility index (Phi) is 6.21. The standard InChI is InChI=1S/C22H22N2O3S/c1-4-17-8-10-20(11-9-17)24(16(3)25)22-23-19(14-28-22)13-27-21(26)18-7-5-6-15(2)12-18/h5-12,14H,4,13H2,1-3H3. The summed E-state index contributed by atoms with van der Waals surface area (Å²) in [6, 6.07) is 15.1. The third-order valence-electron chi connectivity index (χ3n) is 4.25. The zero-order chi connectivity index (χ0) is 20.1. The summed E-state index contributed by atoms with van der Waals surface area (Å²) < 4.78 is 5.36. The molecule has 0 bridgehead atoms. The number of nitrogens with zero attached hydrogens (tertiary/aromatic N) is 2. The van der Waals surface area contributed by atoms with Crippen LogP contribution in [0.3, 0.4) is 0 Å². The lowest BCUT2D eigenvalue weighted by Crippen LogP contribution is -2.22. The van der Waals surface area contributed by atoms with Crippen LogP contribution in [0.25, 0.3) is 0 Å². The van der Waals surface area contributed by atoms with Crippen molar-refractivity contribution in [3.8, 4) is 0 Å². The number of ether oxygens (including phenoxy) is 1. The van der Waals surface area contributed by atoms with Crippen LogP contribution in [0.5, 0.6) is 0 Å². The van der Waals surface area contributed by atoms with E-state index in [4.69, 9.17) is 4.74 Å². The lowest BCUT2D eigenvalue weighted by molar-refractivity contribution is -0.115. The first-order chi connectivity index (χ1) is 13.5. The highest BCUT2D eigenvalue weighted by atomic mass is 32.1. The fourth-order valence-corrected chi connectivity index (χ4v) is 3.64. The molecule has 0 aliphatic heterocycles. The van der Waals surface area contributed by atoms with E-state index in [0.717, 1.165) is 17.7 Å². The number of anilines is 2. The number of carbonyl (C=O) groups excluding carboxylic acids is 2. The molecule has 0 radical (unpaired) electrons. The fraction of sp³-hybridized carbons (Fsp3) is 0.227. The predicted octanol–water partition coefficient (Wildman–Crippen LogP) is 5.06. The Bertz CT molecular complexity index is 979. The van der Waals surface area contributed by atoms with E-state index in [-0.39, 0.29) is 12.5 Å². The van der Waals surface area contributed by atoms with E-state index in [0.29, 0.717) is 16.4 Å². The van der Waals surface area contributed by atoms with Gasteiger partial charge in [-0.3, -0.25) is 9.69 Å². The highest BCUT2D eigenvalue weighted by molar-refractivity contribution is 7.14. The number of esters is 1. The van der Waals surface area contributed by atoms with Gasteiger partial charge in [0, 0.05) is 12.3 Å². The fourth-order valence-electron chi connectivity index (χ4n) is 2.77. The molecule has 144 valence electrons. The summed E-state index contributed by atoms with van der Waals surface area (Å²) in [6.45, 7) is 5.58. The minimum Gasteiger partial charge on any atom is -0.456 e. The molecule has 0 N–H and O–H groups in total. The Morgan fingerprint density at radius 3 is 2.54 bits per heavy atom. The first-order valence-corrected chi connectivity index (χ1v) is 9.93. The number of thiazole rings is 1. The maximum Gasteiger partial charge on any atom is 0.338 e. The number of hydrogen-bond acceptors (Lipinski definition) is 5. The molecule has 0 atom stereocenters. The van der Waals surface area contributed by atoms with E-state index in [1.54, 1.807) is 22.4 Å². The second kappa shape index (κ2) is 8.80. The van der Waals surface area contributed by atoms with Gasteiger partial charge in [0.05, 0.1) is 16.9 Å². The topological polar surface area (TPSA) is 59.5 Å². The van der Waals surface area contributed by atoms with Crippen molar-refractivity contribution in [1.29, 1.82) is 0 Å². The van der Waals surface area contributed by atoms with Crippen molar-refractivity contribution in [2.45, 2.75) is 33.8 Å². The van der Waals surface area contributed by atoms with Crippen molar-refractivity contribution >= 4 is 34.0 Å². The van der Waals surface area contributed by atoms with E-state index in [9.17, 15) is 9.59 Å². The van der Waals surface area contributed by atoms with Crippen molar-refractivity contribution in [3.05, 3.63) is 76.3 Å². The molecule has 3 rings (SSSR count). The summed E-state index contributed by atoms with van der Waals surface area (Å²) in [5.74, 6) is -0.515. The minimum absolute atomic E-state index is 0.0593. The van der Waals surface area contributed by atoms with Crippen LogP contribution in [-0.4, -0.2) is 16.9 Å². The van der Waals surface area contributed by atoms with Crippen LogP contribution in [0.15, 0.2) is 53.9 Å². The molecule has 2 aromatic carbocycles. The first-order valence-electron chi connectivity index (χ1n) is 9.05. The third kappa shape index (κ3) is 4.64. The van der Waals surface area contributed by atoms with Gasteiger partial charge < -0.3 is 4.74 Å². The first kappa shape index (κ1) is 19.8. The van der Waals surface area contributed by atoms with E-state index in [1.165, 1.54) is 23.8 Å². The number of aromatic nitrogens is 1. The molecular weight excluding hydrogens is 372 g/mol. The van der Waals surface area contributed by atoms with E-state index >= 15 is 0 Å². The molecule has 0 aliphatic carbocycles. The smallest absolute Gasteiger partial charge is 0.338 e. The molecular formula is C22H22N2O3S. The number of carbonyl (C=O) groups is 2. The van der Waals surface area contributed by atoms with Gasteiger partial charge in [0.25, 0.3) is 0 Å². The highest BCUT2D eigenvalue weighted by Crippen LogP contribution is 2.29.